The van der Waals surface area contributed by atoms with Crippen molar-refractivity contribution in [2.45, 2.75) is 12.8 Å². The van der Waals surface area contributed by atoms with Crippen molar-refractivity contribution in [3.8, 4) is 0 Å². The molecule has 1 aromatic rings. The molecule has 5 nitrogen and oxygen atoms in total. The van der Waals surface area contributed by atoms with E-state index in [-0.39, 0.29) is 17.7 Å². The van der Waals surface area contributed by atoms with E-state index < -0.39 is 0 Å². The summed E-state index contributed by atoms with van der Waals surface area (Å²) in [4.78, 5) is 28.9. The maximum absolute atomic E-state index is 12.6. The zero-order valence-corrected chi connectivity index (χ0v) is 14.6. The van der Waals surface area contributed by atoms with Crippen LogP contribution in [0.1, 0.15) is 23.2 Å². The van der Waals surface area contributed by atoms with Crippen molar-refractivity contribution in [3.63, 3.8) is 0 Å². The number of carbonyl (C=O) groups excluding carboxylic acids is 2. The van der Waals surface area contributed by atoms with Crippen LogP contribution in [0, 0.1) is 5.92 Å². The van der Waals surface area contributed by atoms with Crippen LogP contribution in [0.25, 0.3) is 0 Å². The molecule has 2 fully saturated rings. The fraction of sp³-hybridized carbons (Fsp3) is 0.529. The molecule has 2 aliphatic rings. The second kappa shape index (κ2) is 7.45. The number of hydrogen-bond acceptors (Lipinski definition) is 3. The smallest absolute Gasteiger partial charge is 0.253 e. The van der Waals surface area contributed by atoms with Gasteiger partial charge in [0.1, 0.15) is 0 Å². The van der Waals surface area contributed by atoms with Crippen LogP contribution >= 0.6 is 15.9 Å². The SMILES string of the molecule is O=C(c1ccc(Br)cc1)N1CCCC(C(=O)N2CCOCC2)C1. The first-order chi connectivity index (χ1) is 11.1. The van der Waals surface area contributed by atoms with Gasteiger partial charge in [-0.1, -0.05) is 15.9 Å². The van der Waals surface area contributed by atoms with Gasteiger partial charge in [-0.05, 0) is 37.1 Å². The molecule has 6 heteroatoms. The summed E-state index contributed by atoms with van der Waals surface area (Å²) in [6.07, 6.45) is 1.74. The second-order valence-corrected chi connectivity index (χ2v) is 6.95. The summed E-state index contributed by atoms with van der Waals surface area (Å²) in [5.41, 5.74) is 0.674. The fourth-order valence-corrected chi connectivity index (χ4v) is 3.44. The van der Waals surface area contributed by atoms with Gasteiger partial charge in [0.2, 0.25) is 5.91 Å². The van der Waals surface area contributed by atoms with Gasteiger partial charge >= 0.3 is 0 Å². The largest absolute Gasteiger partial charge is 0.378 e. The summed E-state index contributed by atoms with van der Waals surface area (Å²) < 4.78 is 6.25. The molecule has 0 radical (unpaired) electrons. The Hall–Kier alpha value is -1.40. The van der Waals surface area contributed by atoms with Crippen LogP contribution in [0.3, 0.4) is 0 Å². The molecule has 2 aliphatic heterocycles. The van der Waals surface area contributed by atoms with E-state index in [0.29, 0.717) is 38.4 Å². The van der Waals surface area contributed by atoms with Gasteiger partial charge in [0.15, 0.2) is 0 Å². The zero-order chi connectivity index (χ0) is 16.2. The lowest BCUT2D eigenvalue weighted by Crippen LogP contribution is -2.49. The molecule has 3 rings (SSSR count). The maximum atomic E-state index is 12.6. The van der Waals surface area contributed by atoms with Crippen molar-refractivity contribution in [1.29, 1.82) is 0 Å². The quantitative estimate of drug-likeness (QED) is 0.789. The van der Waals surface area contributed by atoms with Crippen LogP contribution in [0.5, 0.6) is 0 Å². The lowest BCUT2D eigenvalue weighted by atomic mass is 9.95. The Labute approximate surface area is 144 Å². The summed E-state index contributed by atoms with van der Waals surface area (Å²) >= 11 is 3.38. The van der Waals surface area contributed by atoms with E-state index in [0.717, 1.165) is 23.9 Å². The number of benzene rings is 1. The molecule has 2 heterocycles. The number of hydrogen-bond donors (Lipinski definition) is 0. The average Bonchev–Trinajstić information content (AvgIpc) is 2.62. The molecule has 1 aromatic carbocycles. The molecular weight excluding hydrogens is 360 g/mol. The van der Waals surface area contributed by atoms with E-state index in [1.165, 1.54) is 0 Å². The Bertz CT molecular complexity index is 570. The van der Waals surface area contributed by atoms with E-state index in [2.05, 4.69) is 15.9 Å². The van der Waals surface area contributed by atoms with Gasteiger partial charge in [0.05, 0.1) is 19.1 Å². The number of nitrogens with zero attached hydrogens (tertiary/aromatic N) is 2. The molecule has 0 saturated carbocycles. The van der Waals surface area contributed by atoms with Crippen molar-refractivity contribution >= 4 is 27.7 Å². The van der Waals surface area contributed by atoms with Crippen molar-refractivity contribution in [1.82, 2.24) is 9.80 Å². The predicted molar refractivity (Wildman–Crippen MR) is 90.2 cm³/mol. The topological polar surface area (TPSA) is 49.9 Å². The molecule has 1 unspecified atom stereocenters. The van der Waals surface area contributed by atoms with Gasteiger partial charge < -0.3 is 14.5 Å². The predicted octanol–water partition coefficient (Wildman–Crippen LogP) is 2.16. The number of likely N-dealkylation sites (tertiary alicyclic amines) is 1. The normalized spacial score (nSPS) is 22.0. The van der Waals surface area contributed by atoms with Crippen LogP contribution in [0.4, 0.5) is 0 Å². The molecule has 0 spiro atoms. The minimum absolute atomic E-state index is 0.0111. The molecule has 2 saturated heterocycles. The first kappa shape index (κ1) is 16.5. The minimum Gasteiger partial charge on any atom is -0.378 e. The number of halogens is 1. The summed E-state index contributed by atoms with van der Waals surface area (Å²) in [5.74, 6) is 0.0971. The number of piperidine rings is 1. The second-order valence-electron chi connectivity index (χ2n) is 6.03. The molecule has 0 bridgehead atoms. The van der Waals surface area contributed by atoms with Crippen LogP contribution in [-0.2, 0) is 9.53 Å². The van der Waals surface area contributed by atoms with Gasteiger partial charge in [-0.15, -0.1) is 0 Å². The Morgan fingerprint density at radius 1 is 1.04 bits per heavy atom. The van der Waals surface area contributed by atoms with Gasteiger partial charge in [0.25, 0.3) is 5.91 Å². The molecule has 0 aliphatic carbocycles. The zero-order valence-electron chi connectivity index (χ0n) is 13.0. The Morgan fingerprint density at radius 3 is 2.43 bits per heavy atom. The molecular formula is C17H21BrN2O3. The lowest BCUT2D eigenvalue weighted by Gasteiger charge is -2.36. The minimum atomic E-state index is -0.0822. The summed E-state index contributed by atoms with van der Waals surface area (Å²) in [7, 11) is 0. The highest BCUT2D eigenvalue weighted by molar-refractivity contribution is 9.10. The fourth-order valence-electron chi connectivity index (χ4n) is 3.18. The Morgan fingerprint density at radius 2 is 1.74 bits per heavy atom. The van der Waals surface area contributed by atoms with Crippen molar-refractivity contribution in [2.24, 2.45) is 5.92 Å². The van der Waals surface area contributed by atoms with Crippen LogP contribution < -0.4 is 0 Å². The number of carbonyl (C=O) groups is 2. The molecule has 1 atom stereocenters. The van der Waals surface area contributed by atoms with Crippen LogP contribution in [-0.4, -0.2) is 61.0 Å². The van der Waals surface area contributed by atoms with Crippen LogP contribution in [0.15, 0.2) is 28.7 Å². The first-order valence-corrected chi connectivity index (χ1v) is 8.86. The highest BCUT2D eigenvalue weighted by atomic mass is 79.9. The van der Waals surface area contributed by atoms with Gasteiger partial charge in [0, 0.05) is 36.2 Å². The van der Waals surface area contributed by atoms with Crippen molar-refractivity contribution < 1.29 is 14.3 Å². The maximum Gasteiger partial charge on any atom is 0.253 e. The van der Waals surface area contributed by atoms with Crippen molar-refractivity contribution in [3.05, 3.63) is 34.3 Å². The summed E-state index contributed by atoms with van der Waals surface area (Å²) in [5, 5.41) is 0. The van der Waals surface area contributed by atoms with E-state index in [4.69, 9.17) is 4.74 Å². The van der Waals surface area contributed by atoms with Crippen LogP contribution in [0.2, 0.25) is 0 Å². The lowest BCUT2D eigenvalue weighted by molar-refractivity contribution is -0.141. The molecule has 124 valence electrons. The number of amides is 2. The van der Waals surface area contributed by atoms with E-state index in [1.54, 1.807) is 0 Å². The monoisotopic (exact) mass is 380 g/mol. The Balaban J connectivity index is 1.64. The number of ether oxygens (including phenoxy) is 1. The molecule has 0 aromatic heterocycles. The highest BCUT2D eigenvalue weighted by Crippen LogP contribution is 2.22. The van der Waals surface area contributed by atoms with Gasteiger partial charge in [-0.25, -0.2) is 0 Å². The van der Waals surface area contributed by atoms with E-state index in [9.17, 15) is 9.59 Å². The standard InChI is InChI=1S/C17H21BrN2O3/c18-15-5-3-13(4-6-15)16(21)20-7-1-2-14(12-20)17(22)19-8-10-23-11-9-19/h3-6,14H,1-2,7-12H2. The molecule has 2 amide bonds. The third-order valence-electron chi connectivity index (χ3n) is 4.47. The number of rotatable bonds is 2. The third kappa shape index (κ3) is 3.93. The first-order valence-electron chi connectivity index (χ1n) is 8.06. The summed E-state index contributed by atoms with van der Waals surface area (Å²) in [6, 6.07) is 7.38. The molecule has 23 heavy (non-hydrogen) atoms. The average molecular weight is 381 g/mol. The highest BCUT2D eigenvalue weighted by Gasteiger charge is 2.32. The Kier molecular flexibility index (Phi) is 5.33. The van der Waals surface area contributed by atoms with Gasteiger partial charge in [-0.3, -0.25) is 9.59 Å². The van der Waals surface area contributed by atoms with E-state index in [1.807, 2.05) is 34.1 Å². The summed E-state index contributed by atoms with van der Waals surface area (Å²) in [6.45, 7) is 3.79. The third-order valence-corrected chi connectivity index (χ3v) is 5.00. The van der Waals surface area contributed by atoms with E-state index >= 15 is 0 Å². The van der Waals surface area contributed by atoms with Crippen molar-refractivity contribution in [2.75, 3.05) is 39.4 Å². The van der Waals surface area contributed by atoms with Gasteiger partial charge in [-0.2, -0.15) is 0 Å². The number of morpholine rings is 1. The molecule has 0 N–H and O–H groups in total.